The zero-order chi connectivity index (χ0) is 6.62. The van der Waals surface area contributed by atoms with Crippen molar-refractivity contribution in [2.75, 3.05) is 18.9 Å². The van der Waals surface area contributed by atoms with E-state index in [2.05, 4.69) is 0 Å². The fourth-order valence-electron chi connectivity index (χ4n) is 0.224. The highest BCUT2D eigenvalue weighted by atomic mass is 79.9. The van der Waals surface area contributed by atoms with E-state index in [1.807, 2.05) is 0 Å². The molecular formula is C3H13BrN3OP. The van der Waals surface area contributed by atoms with Crippen LogP contribution in [0.15, 0.2) is 0 Å². The van der Waals surface area contributed by atoms with Crippen molar-refractivity contribution >= 4 is 24.1 Å². The molecule has 0 atom stereocenters. The summed E-state index contributed by atoms with van der Waals surface area (Å²) in [5.41, 5.74) is 15.3. The zero-order valence-electron chi connectivity index (χ0n) is 5.12. The first-order valence-corrected chi connectivity index (χ1v) is 4.62. The summed E-state index contributed by atoms with van der Waals surface area (Å²) in [4.78, 5) is 0. The molecule has 0 radical (unpaired) electrons. The maximum Gasteiger partial charge on any atom is 0.126 e. The third-order valence-corrected chi connectivity index (χ3v) is 2.99. The summed E-state index contributed by atoms with van der Waals surface area (Å²) in [6.07, 6.45) is 0.375. The molecule has 0 aromatic carbocycles. The van der Waals surface area contributed by atoms with E-state index < -0.39 is 7.14 Å². The van der Waals surface area contributed by atoms with Crippen molar-refractivity contribution in [3.05, 3.63) is 0 Å². The lowest BCUT2D eigenvalue weighted by Crippen LogP contribution is -2.16. The lowest BCUT2D eigenvalue weighted by Gasteiger charge is -2.08. The molecule has 0 aliphatic rings. The maximum absolute atomic E-state index is 10.9. The Kier molecular flexibility index (Phi) is 7.34. The van der Waals surface area contributed by atoms with Gasteiger partial charge in [-0.15, -0.1) is 17.0 Å². The van der Waals surface area contributed by atoms with Crippen molar-refractivity contribution < 1.29 is 4.57 Å². The lowest BCUT2D eigenvalue weighted by molar-refractivity contribution is 0.575. The van der Waals surface area contributed by atoms with Crippen LogP contribution in [-0.2, 0) is 4.57 Å². The summed E-state index contributed by atoms with van der Waals surface area (Å²) in [5, 5.41) is 0. The van der Waals surface area contributed by atoms with Gasteiger partial charge in [0.05, 0.1) is 0 Å². The van der Waals surface area contributed by atoms with E-state index in [-0.39, 0.29) is 35.8 Å². The quantitative estimate of drug-likeness (QED) is 0.565. The monoisotopic (exact) mass is 217 g/mol. The van der Waals surface area contributed by atoms with E-state index in [1.54, 1.807) is 0 Å². The van der Waals surface area contributed by atoms with Crippen LogP contribution in [0.5, 0.6) is 0 Å². The molecule has 0 amide bonds. The molecule has 0 spiro atoms. The molecule has 0 aliphatic heterocycles. The smallest absolute Gasteiger partial charge is 0.126 e. The van der Waals surface area contributed by atoms with E-state index in [4.69, 9.17) is 17.2 Å². The van der Waals surface area contributed by atoms with Crippen molar-refractivity contribution in [1.82, 2.24) is 0 Å². The lowest BCUT2D eigenvalue weighted by atomic mass is 11.5. The molecule has 6 N–H and O–H groups in total. The van der Waals surface area contributed by atoms with Crippen molar-refractivity contribution in [3.63, 3.8) is 0 Å². The number of hydrogen-bond acceptors (Lipinski definition) is 4. The number of halogens is 1. The molecule has 0 heterocycles. The molecule has 0 fully saturated rings. The molecule has 0 saturated carbocycles. The van der Waals surface area contributed by atoms with Gasteiger partial charge in [-0.25, -0.2) is 0 Å². The minimum Gasteiger partial charge on any atom is -0.324 e. The highest BCUT2D eigenvalue weighted by molar-refractivity contribution is 8.93. The number of rotatable bonds is 3. The second kappa shape index (κ2) is 5.38. The summed E-state index contributed by atoms with van der Waals surface area (Å²) in [6, 6.07) is 0. The van der Waals surface area contributed by atoms with E-state index in [9.17, 15) is 4.57 Å². The largest absolute Gasteiger partial charge is 0.324 e. The molecule has 0 aromatic heterocycles. The third-order valence-electron chi connectivity index (χ3n) is 0.998. The van der Waals surface area contributed by atoms with Crippen LogP contribution in [0.4, 0.5) is 0 Å². The zero-order valence-corrected chi connectivity index (χ0v) is 7.72. The van der Waals surface area contributed by atoms with Gasteiger partial charge >= 0.3 is 0 Å². The summed E-state index contributed by atoms with van der Waals surface area (Å²) in [6.45, 7) is 0. The summed E-state index contributed by atoms with van der Waals surface area (Å²) in [7, 11) is -2.33. The predicted molar refractivity (Wildman–Crippen MR) is 45.1 cm³/mol. The van der Waals surface area contributed by atoms with E-state index in [0.29, 0.717) is 0 Å². The molecule has 9 heavy (non-hydrogen) atoms. The fourth-order valence-corrected chi connectivity index (χ4v) is 0.671. The Hall–Kier alpha value is 0.590. The molecule has 0 aliphatic carbocycles. The van der Waals surface area contributed by atoms with E-state index in [0.717, 1.165) is 0 Å². The van der Waals surface area contributed by atoms with Crippen LogP contribution in [0.2, 0.25) is 0 Å². The Bertz CT molecular complexity index is 90.2. The Labute approximate surface area is 65.3 Å². The fraction of sp³-hybridized carbons (Fsp3) is 1.00. The van der Waals surface area contributed by atoms with Gasteiger partial charge in [-0.1, -0.05) is 0 Å². The van der Waals surface area contributed by atoms with Gasteiger partial charge < -0.3 is 21.8 Å². The topological polar surface area (TPSA) is 95.1 Å². The van der Waals surface area contributed by atoms with Gasteiger partial charge in [0, 0.05) is 18.9 Å². The van der Waals surface area contributed by atoms with E-state index in [1.165, 1.54) is 0 Å². The van der Waals surface area contributed by atoms with Crippen LogP contribution in [0, 0.1) is 0 Å². The van der Waals surface area contributed by atoms with Gasteiger partial charge in [0.25, 0.3) is 0 Å². The number of hydrogen-bond donors (Lipinski definition) is 3. The molecular weight excluding hydrogens is 205 g/mol. The average molecular weight is 218 g/mol. The first-order valence-electron chi connectivity index (χ1n) is 2.36. The average Bonchev–Trinajstić information content (AvgIpc) is 1.87. The molecule has 0 saturated heterocycles. The van der Waals surface area contributed by atoms with Crippen LogP contribution < -0.4 is 17.2 Å². The first-order chi connectivity index (χ1) is 3.68. The maximum atomic E-state index is 10.9. The van der Waals surface area contributed by atoms with Crippen molar-refractivity contribution in [2.24, 2.45) is 17.2 Å². The highest BCUT2D eigenvalue weighted by Gasteiger charge is 2.13. The Morgan fingerprint density at radius 1 is 1.00 bits per heavy atom. The number of nitrogens with two attached hydrogens (primary N) is 3. The molecule has 4 nitrogen and oxygen atoms in total. The Morgan fingerprint density at radius 2 is 1.22 bits per heavy atom. The van der Waals surface area contributed by atoms with Gasteiger partial charge in [-0.2, -0.15) is 0 Å². The van der Waals surface area contributed by atoms with Gasteiger partial charge in [0.2, 0.25) is 0 Å². The Morgan fingerprint density at radius 3 is 1.22 bits per heavy atom. The van der Waals surface area contributed by atoms with Crippen molar-refractivity contribution in [3.8, 4) is 0 Å². The summed E-state index contributed by atoms with van der Waals surface area (Å²) in [5.74, 6) is 0. The first kappa shape index (κ1) is 12.3. The highest BCUT2D eigenvalue weighted by Crippen LogP contribution is 2.38. The molecule has 0 rings (SSSR count). The molecule has 0 bridgehead atoms. The normalized spacial score (nSPS) is 10.6. The predicted octanol–water partition coefficient (Wildman–Crippen LogP) is -0.324. The van der Waals surface area contributed by atoms with Crippen LogP contribution in [0.3, 0.4) is 0 Å². The van der Waals surface area contributed by atoms with Gasteiger partial charge in [-0.05, 0) is 0 Å². The third kappa shape index (κ3) is 4.06. The van der Waals surface area contributed by atoms with Gasteiger partial charge in [-0.3, -0.25) is 0 Å². The Balaban J connectivity index is 0. The summed E-state index contributed by atoms with van der Waals surface area (Å²) < 4.78 is 10.9. The standard InChI is InChI=1S/C3H12N3OP.BrH/c4-1-8(7,2-5)3-6;/h1-6H2;1H. The van der Waals surface area contributed by atoms with Crippen LogP contribution in [0.1, 0.15) is 0 Å². The second-order valence-electron chi connectivity index (χ2n) is 1.61. The summed E-state index contributed by atoms with van der Waals surface area (Å²) >= 11 is 0. The van der Waals surface area contributed by atoms with Gasteiger partial charge in [0.15, 0.2) is 0 Å². The molecule has 58 valence electrons. The molecule has 6 heteroatoms. The second-order valence-corrected chi connectivity index (χ2v) is 4.82. The SMILES string of the molecule is Br.NCP(=O)(CN)CN. The van der Waals surface area contributed by atoms with Crippen LogP contribution >= 0.6 is 24.1 Å². The minimum absolute atomic E-state index is 0. The van der Waals surface area contributed by atoms with Crippen LogP contribution in [-0.4, -0.2) is 18.9 Å². The van der Waals surface area contributed by atoms with Crippen LogP contribution in [0.25, 0.3) is 0 Å². The minimum atomic E-state index is -2.33. The van der Waals surface area contributed by atoms with Gasteiger partial charge in [0.1, 0.15) is 7.14 Å². The van der Waals surface area contributed by atoms with Crippen molar-refractivity contribution in [1.29, 1.82) is 0 Å². The van der Waals surface area contributed by atoms with E-state index >= 15 is 0 Å². The molecule has 0 unspecified atom stereocenters. The van der Waals surface area contributed by atoms with Crippen molar-refractivity contribution in [2.45, 2.75) is 0 Å². The molecule has 0 aromatic rings.